The number of esters is 1. The van der Waals surface area contributed by atoms with E-state index >= 15 is 0 Å². The molecule has 1 N–H and O–H groups in total. The van der Waals surface area contributed by atoms with Crippen LogP contribution < -0.4 is 0 Å². The smallest absolute Gasteiger partial charge is 0.373 e. The van der Waals surface area contributed by atoms with E-state index in [4.69, 9.17) is 0 Å². The van der Waals surface area contributed by atoms with Crippen molar-refractivity contribution in [1.29, 1.82) is 0 Å². The van der Waals surface area contributed by atoms with Crippen LogP contribution in [0, 0.1) is 0 Å². The van der Waals surface area contributed by atoms with Crippen LogP contribution in [0.1, 0.15) is 17.3 Å². The summed E-state index contributed by atoms with van der Waals surface area (Å²) in [5, 5.41) is 9.23. The molecule has 1 heterocycles. The van der Waals surface area contributed by atoms with E-state index in [0.29, 0.717) is 5.56 Å². The van der Waals surface area contributed by atoms with Crippen molar-refractivity contribution in [1.82, 2.24) is 4.98 Å². The molecule has 0 spiro atoms. The Balaban J connectivity index is 2.77. The Hall–Kier alpha value is -2.17. The van der Waals surface area contributed by atoms with Crippen LogP contribution in [-0.4, -0.2) is 28.4 Å². The monoisotopic (exact) mass is 221 g/mol. The van der Waals surface area contributed by atoms with Crippen LogP contribution in [0.25, 0.3) is 0 Å². The largest absolute Gasteiger partial charge is 0.502 e. The number of rotatable bonds is 4. The number of carbonyl (C=O) groups is 2. The van der Waals surface area contributed by atoms with E-state index in [0.717, 1.165) is 6.08 Å². The van der Waals surface area contributed by atoms with Crippen molar-refractivity contribution in [2.75, 3.05) is 6.61 Å². The van der Waals surface area contributed by atoms with Crippen molar-refractivity contribution < 1.29 is 19.4 Å². The second-order valence-electron chi connectivity index (χ2n) is 2.86. The summed E-state index contributed by atoms with van der Waals surface area (Å²) >= 11 is 0. The summed E-state index contributed by atoms with van der Waals surface area (Å²) in [6.45, 7) is 1.74. The predicted molar refractivity (Wildman–Crippen MR) is 55.9 cm³/mol. The Bertz CT molecular complexity index is 411. The first-order chi connectivity index (χ1) is 7.65. The number of hydrogen-bond donors (Lipinski definition) is 1. The summed E-state index contributed by atoms with van der Waals surface area (Å²) < 4.78 is 4.52. The number of carbonyl (C=O) groups excluding carboxylic acids is 2. The molecule has 0 saturated carbocycles. The highest BCUT2D eigenvalue weighted by molar-refractivity contribution is 6.07. The van der Waals surface area contributed by atoms with E-state index in [9.17, 15) is 14.7 Å². The number of aliphatic hydroxyl groups is 1. The molecule has 0 aromatic carbocycles. The van der Waals surface area contributed by atoms with E-state index < -0.39 is 17.5 Å². The molecule has 5 heteroatoms. The lowest BCUT2D eigenvalue weighted by Gasteiger charge is -1.99. The summed E-state index contributed by atoms with van der Waals surface area (Å²) in [6, 6.07) is 3.12. The second-order valence-corrected chi connectivity index (χ2v) is 2.86. The normalized spacial score (nSPS) is 10.9. The second kappa shape index (κ2) is 5.65. The number of ketones is 1. The molecule has 0 unspecified atom stereocenters. The van der Waals surface area contributed by atoms with Crippen LogP contribution in [0.15, 0.2) is 36.4 Å². The lowest BCUT2D eigenvalue weighted by atomic mass is 10.2. The first-order valence-corrected chi connectivity index (χ1v) is 4.67. The molecule has 0 saturated heterocycles. The standard InChI is InChI=1S/C11H11NO4/c1-2-16-11(15)10(14)6-9(13)8-4-3-5-12-7-8/h3-7,14H,2H2,1H3. The number of allylic oxidation sites excluding steroid dienone is 1. The number of aliphatic hydroxyl groups excluding tert-OH is 1. The van der Waals surface area contributed by atoms with Gasteiger partial charge in [0.1, 0.15) is 0 Å². The number of aromatic nitrogens is 1. The van der Waals surface area contributed by atoms with Crippen LogP contribution in [0.2, 0.25) is 0 Å². The van der Waals surface area contributed by atoms with Gasteiger partial charge in [0.25, 0.3) is 0 Å². The molecule has 0 aliphatic carbocycles. The van der Waals surface area contributed by atoms with Crippen LogP contribution in [0.3, 0.4) is 0 Å². The number of nitrogens with zero attached hydrogens (tertiary/aromatic N) is 1. The Morgan fingerprint density at radius 1 is 1.56 bits per heavy atom. The van der Waals surface area contributed by atoms with Crippen LogP contribution in [0.4, 0.5) is 0 Å². The molecule has 1 rings (SSSR count). The van der Waals surface area contributed by atoms with Gasteiger partial charge in [-0.25, -0.2) is 4.79 Å². The first kappa shape index (κ1) is 11.9. The molecule has 5 nitrogen and oxygen atoms in total. The quantitative estimate of drug-likeness (QED) is 0.358. The summed E-state index contributed by atoms with van der Waals surface area (Å²) in [6.07, 6.45) is 3.68. The van der Waals surface area contributed by atoms with Gasteiger partial charge in [-0.15, -0.1) is 0 Å². The summed E-state index contributed by atoms with van der Waals surface area (Å²) in [4.78, 5) is 26.2. The molecule has 0 atom stereocenters. The van der Waals surface area contributed by atoms with Gasteiger partial charge in [0.2, 0.25) is 5.76 Å². The number of pyridine rings is 1. The van der Waals surface area contributed by atoms with Gasteiger partial charge in [-0.3, -0.25) is 9.78 Å². The van der Waals surface area contributed by atoms with Gasteiger partial charge < -0.3 is 9.84 Å². The van der Waals surface area contributed by atoms with E-state index in [1.165, 1.54) is 18.5 Å². The minimum absolute atomic E-state index is 0.137. The van der Waals surface area contributed by atoms with E-state index in [2.05, 4.69) is 9.72 Å². The average molecular weight is 221 g/mol. The molecule has 0 radical (unpaired) electrons. The fourth-order valence-corrected chi connectivity index (χ4v) is 0.980. The molecule has 0 amide bonds. The number of hydrogen-bond acceptors (Lipinski definition) is 5. The minimum Gasteiger partial charge on any atom is -0.502 e. The third-order valence-corrected chi connectivity index (χ3v) is 1.70. The lowest BCUT2D eigenvalue weighted by molar-refractivity contribution is -0.141. The Morgan fingerprint density at radius 2 is 2.31 bits per heavy atom. The molecule has 1 aromatic rings. The summed E-state index contributed by atoms with van der Waals surface area (Å²) in [5.74, 6) is -2.13. The summed E-state index contributed by atoms with van der Waals surface area (Å²) in [5.41, 5.74) is 0.290. The van der Waals surface area contributed by atoms with Crippen molar-refractivity contribution in [3.63, 3.8) is 0 Å². The maximum atomic E-state index is 11.5. The number of ether oxygens (including phenoxy) is 1. The van der Waals surface area contributed by atoms with Gasteiger partial charge in [-0.2, -0.15) is 0 Å². The molecule has 0 aliphatic rings. The molecule has 16 heavy (non-hydrogen) atoms. The maximum Gasteiger partial charge on any atom is 0.373 e. The molecule has 84 valence electrons. The molecule has 0 bridgehead atoms. The fraction of sp³-hybridized carbons (Fsp3) is 0.182. The molecular formula is C11H11NO4. The van der Waals surface area contributed by atoms with Crippen LogP contribution >= 0.6 is 0 Å². The van der Waals surface area contributed by atoms with Gasteiger partial charge in [-0.1, -0.05) is 0 Å². The average Bonchev–Trinajstić information content (AvgIpc) is 2.30. The zero-order chi connectivity index (χ0) is 12.0. The Labute approximate surface area is 92.4 Å². The molecule has 1 aromatic heterocycles. The highest BCUT2D eigenvalue weighted by atomic mass is 16.5. The highest BCUT2D eigenvalue weighted by Crippen LogP contribution is 2.02. The fourth-order valence-electron chi connectivity index (χ4n) is 0.980. The molecule has 0 fully saturated rings. The van der Waals surface area contributed by atoms with Gasteiger partial charge in [0.05, 0.1) is 6.61 Å². The van der Waals surface area contributed by atoms with Gasteiger partial charge in [0, 0.05) is 24.0 Å². The third kappa shape index (κ3) is 3.20. The van der Waals surface area contributed by atoms with Crippen molar-refractivity contribution in [2.24, 2.45) is 0 Å². The van der Waals surface area contributed by atoms with E-state index in [1.54, 1.807) is 13.0 Å². The van der Waals surface area contributed by atoms with Crippen molar-refractivity contribution in [3.8, 4) is 0 Å². The highest BCUT2D eigenvalue weighted by Gasteiger charge is 2.11. The van der Waals surface area contributed by atoms with Gasteiger partial charge in [-0.05, 0) is 19.1 Å². The predicted octanol–water partition coefficient (Wildman–Crippen LogP) is 1.27. The lowest BCUT2D eigenvalue weighted by Crippen LogP contribution is -2.09. The first-order valence-electron chi connectivity index (χ1n) is 4.67. The van der Waals surface area contributed by atoms with E-state index in [1.807, 2.05) is 0 Å². The van der Waals surface area contributed by atoms with Crippen molar-refractivity contribution >= 4 is 11.8 Å². The van der Waals surface area contributed by atoms with Gasteiger partial charge in [0.15, 0.2) is 5.78 Å². The molecule has 0 aliphatic heterocycles. The Kier molecular flexibility index (Phi) is 4.20. The molecular weight excluding hydrogens is 210 g/mol. The van der Waals surface area contributed by atoms with Crippen LogP contribution in [0.5, 0.6) is 0 Å². The van der Waals surface area contributed by atoms with Gasteiger partial charge >= 0.3 is 5.97 Å². The third-order valence-electron chi connectivity index (χ3n) is 1.70. The summed E-state index contributed by atoms with van der Waals surface area (Å²) in [7, 11) is 0. The van der Waals surface area contributed by atoms with E-state index in [-0.39, 0.29) is 6.61 Å². The Morgan fingerprint density at radius 3 is 2.88 bits per heavy atom. The zero-order valence-electron chi connectivity index (χ0n) is 8.71. The van der Waals surface area contributed by atoms with Crippen molar-refractivity contribution in [2.45, 2.75) is 6.92 Å². The van der Waals surface area contributed by atoms with Crippen LogP contribution in [-0.2, 0) is 9.53 Å². The minimum atomic E-state index is -0.917. The topological polar surface area (TPSA) is 76.5 Å². The van der Waals surface area contributed by atoms with Crippen molar-refractivity contribution in [3.05, 3.63) is 41.9 Å². The maximum absolute atomic E-state index is 11.5. The zero-order valence-corrected chi connectivity index (χ0v) is 8.71. The SMILES string of the molecule is CCOC(=O)C(O)=CC(=O)c1cccnc1.